The average Bonchev–Trinajstić information content (AvgIpc) is 2.34. The van der Waals surface area contributed by atoms with Gasteiger partial charge in [0.15, 0.2) is 0 Å². The van der Waals surface area contributed by atoms with Crippen molar-refractivity contribution in [3.05, 3.63) is 33.8 Å². The minimum Gasteiger partial charge on any atom is -0.370 e. The lowest BCUT2D eigenvalue weighted by Gasteiger charge is -2.42. The Morgan fingerprint density at radius 1 is 1.16 bits per heavy atom. The van der Waals surface area contributed by atoms with Crippen molar-refractivity contribution in [1.82, 2.24) is 0 Å². The van der Waals surface area contributed by atoms with Crippen molar-refractivity contribution in [1.29, 1.82) is 0 Å². The largest absolute Gasteiger partial charge is 0.370 e. The standard InChI is InChI=1S/C15H22Cl2NO/c1-12(2)10-18(5-7-19-8-6-18)11-13-3-4-14(16)15(17)9-13/h3-4,9,12H,5-8,10-11H2,1-2H3/q+1. The van der Waals surface area contributed by atoms with Gasteiger partial charge in [-0.2, -0.15) is 0 Å². The fourth-order valence-electron chi connectivity index (χ4n) is 2.94. The van der Waals surface area contributed by atoms with Crippen molar-refractivity contribution in [2.24, 2.45) is 5.92 Å². The summed E-state index contributed by atoms with van der Waals surface area (Å²) >= 11 is 12.1. The second kappa shape index (κ2) is 6.45. The van der Waals surface area contributed by atoms with E-state index in [1.807, 2.05) is 12.1 Å². The number of hydrogen-bond acceptors (Lipinski definition) is 1. The van der Waals surface area contributed by atoms with Crippen LogP contribution in [0.3, 0.4) is 0 Å². The van der Waals surface area contributed by atoms with Crippen LogP contribution in [0.1, 0.15) is 19.4 Å². The molecule has 0 bridgehead atoms. The molecule has 0 aromatic heterocycles. The van der Waals surface area contributed by atoms with Crippen LogP contribution in [0.25, 0.3) is 0 Å². The van der Waals surface area contributed by atoms with Crippen LogP contribution in [0.2, 0.25) is 10.0 Å². The third kappa shape index (κ3) is 4.09. The molecule has 0 radical (unpaired) electrons. The van der Waals surface area contributed by atoms with Crippen molar-refractivity contribution in [3.63, 3.8) is 0 Å². The van der Waals surface area contributed by atoms with E-state index in [-0.39, 0.29) is 0 Å². The Morgan fingerprint density at radius 3 is 2.42 bits per heavy atom. The second-order valence-electron chi connectivity index (χ2n) is 5.88. The van der Waals surface area contributed by atoms with Crippen LogP contribution >= 0.6 is 23.2 Å². The lowest BCUT2D eigenvalue weighted by atomic mass is 10.1. The maximum absolute atomic E-state index is 6.12. The molecule has 1 aromatic rings. The first kappa shape index (κ1) is 15.1. The summed E-state index contributed by atoms with van der Waals surface area (Å²) in [6.07, 6.45) is 0. The Balaban J connectivity index is 2.16. The molecule has 106 valence electrons. The van der Waals surface area contributed by atoms with Gasteiger partial charge in [0.05, 0.1) is 29.8 Å². The lowest BCUT2D eigenvalue weighted by Crippen LogP contribution is -2.56. The zero-order valence-corrected chi connectivity index (χ0v) is 13.2. The van der Waals surface area contributed by atoms with Crippen molar-refractivity contribution >= 4 is 23.2 Å². The number of quaternary nitrogens is 1. The molecule has 1 heterocycles. The topological polar surface area (TPSA) is 9.23 Å². The van der Waals surface area contributed by atoms with Crippen LogP contribution in [0, 0.1) is 5.92 Å². The van der Waals surface area contributed by atoms with Crippen LogP contribution in [0.5, 0.6) is 0 Å². The van der Waals surface area contributed by atoms with E-state index in [1.165, 1.54) is 12.1 Å². The Labute approximate surface area is 125 Å². The molecular weight excluding hydrogens is 281 g/mol. The van der Waals surface area contributed by atoms with Crippen LogP contribution in [0.15, 0.2) is 18.2 Å². The molecule has 0 unspecified atom stereocenters. The van der Waals surface area contributed by atoms with E-state index in [9.17, 15) is 0 Å². The summed E-state index contributed by atoms with van der Waals surface area (Å²) in [7, 11) is 0. The maximum atomic E-state index is 6.12. The van der Waals surface area contributed by atoms with Crippen LogP contribution in [0.4, 0.5) is 0 Å². The number of halogens is 2. The van der Waals surface area contributed by atoms with Crippen LogP contribution in [-0.4, -0.2) is 37.3 Å². The summed E-state index contributed by atoms with van der Waals surface area (Å²) in [5, 5.41) is 1.28. The minimum atomic E-state index is 0.628. The van der Waals surface area contributed by atoms with Gasteiger partial charge in [0.2, 0.25) is 0 Å². The highest BCUT2D eigenvalue weighted by molar-refractivity contribution is 6.42. The van der Waals surface area contributed by atoms with Gasteiger partial charge < -0.3 is 9.22 Å². The van der Waals surface area contributed by atoms with Gasteiger partial charge in [-0.1, -0.05) is 43.1 Å². The Hall–Kier alpha value is -0.280. The van der Waals surface area contributed by atoms with Gasteiger partial charge in [-0.25, -0.2) is 0 Å². The number of benzene rings is 1. The average molecular weight is 303 g/mol. The molecule has 4 heteroatoms. The van der Waals surface area contributed by atoms with Gasteiger partial charge in [-0.3, -0.25) is 0 Å². The third-order valence-electron chi connectivity index (χ3n) is 3.67. The molecule has 0 spiro atoms. The SMILES string of the molecule is CC(C)C[N+]1(Cc2ccc(Cl)c(Cl)c2)CCOCC1. The van der Waals surface area contributed by atoms with E-state index < -0.39 is 0 Å². The Morgan fingerprint density at radius 2 is 1.84 bits per heavy atom. The van der Waals surface area contributed by atoms with Crippen LogP contribution < -0.4 is 0 Å². The Bertz CT molecular complexity index is 428. The summed E-state index contributed by atoms with van der Waals surface area (Å²) in [5.74, 6) is 0.681. The number of ether oxygens (including phenoxy) is 1. The summed E-state index contributed by atoms with van der Waals surface area (Å²) in [4.78, 5) is 0. The summed E-state index contributed by atoms with van der Waals surface area (Å²) in [6.45, 7) is 10.6. The molecule has 1 aliphatic heterocycles. The first-order valence-corrected chi connectivity index (χ1v) is 7.63. The van der Waals surface area contributed by atoms with E-state index in [0.29, 0.717) is 16.0 Å². The second-order valence-corrected chi connectivity index (χ2v) is 6.70. The zero-order valence-electron chi connectivity index (χ0n) is 11.7. The first-order chi connectivity index (χ1) is 9.01. The van der Waals surface area contributed by atoms with Gasteiger partial charge in [-0.15, -0.1) is 0 Å². The molecule has 0 N–H and O–H groups in total. The monoisotopic (exact) mass is 302 g/mol. The highest BCUT2D eigenvalue weighted by Crippen LogP contribution is 2.26. The van der Waals surface area contributed by atoms with Crippen molar-refractivity contribution < 1.29 is 9.22 Å². The van der Waals surface area contributed by atoms with E-state index in [1.54, 1.807) is 0 Å². The molecule has 0 amide bonds. The summed E-state index contributed by atoms with van der Waals surface area (Å²) in [5.41, 5.74) is 1.26. The third-order valence-corrected chi connectivity index (χ3v) is 4.41. The first-order valence-electron chi connectivity index (χ1n) is 6.87. The number of rotatable bonds is 4. The number of nitrogens with zero attached hydrogens (tertiary/aromatic N) is 1. The smallest absolute Gasteiger partial charge is 0.105 e. The highest BCUT2D eigenvalue weighted by Gasteiger charge is 2.31. The highest BCUT2D eigenvalue weighted by atomic mass is 35.5. The van der Waals surface area contributed by atoms with Crippen molar-refractivity contribution in [2.45, 2.75) is 20.4 Å². The molecule has 0 atom stereocenters. The van der Waals surface area contributed by atoms with E-state index in [2.05, 4.69) is 19.9 Å². The van der Waals surface area contributed by atoms with Crippen molar-refractivity contribution in [2.75, 3.05) is 32.8 Å². The number of morpholine rings is 1. The maximum Gasteiger partial charge on any atom is 0.105 e. The molecule has 1 saturated heterocycles. The quantitative estimate of drug-likeness (QED) is 0.764. The molecule has 0 saturated carbocycles. The molecule has 0 aliphatic carbocycles. The van der Waals surface area contributed by atoms with E-state index >= 15 is 0 Å². The molecule has 2 nitrogen and oxygen atoms in total. The molecular formula is C15H22Cl2NO+. The number of hydrogen-bond donors (Lipinski definition) is 0. The van der Waals surface area contributed by atoms with Gasteiger partial charge in [0, 0.05) is 11.5 Å². The van der Waals surface area contributed by atoms with Gasteiger partial charge in [0.1, 0.15) is 19.6 Å². The Kier molecular flexibility index (Phi) is 5.13. The van der Waals surface area contributed by atoms with E-state index in [4.69, 9.17) is 27.9 Å². The predicted octanol–water partition coefficient (Wildman–Crippen LogP) is 4.00. The van der Waals surface area contributed by atoms with Gasteiger partial charge in [0.25, 0.3) is 0 Å². The van der Waals surface area contributed by atoms with Crippen molar-refractivity contribution in [3.8, 4) is 0 Å². The fourth-order valence-corrected chi connectivity index (χ4v) is 3.26. The summed E-state index contributed by atoms with van der Waals surface area (Å²) in [6, 6.07) is 5.98. The van der Waals surface area contributed by atoms with E-state index in [0.717, 1.165) is 37.3 Å². The molecule has 19 heavy (non-hydrogen) atoms. The molecule has 1 aliphatic rings. The predicted molar refractivity (Wildman–Crippen MR) is 80.7 cm³/mol. The normalized spacial score (nSPS) is 18.8. The molecule has 1 aromatic carbocycles. The fraction of sp³-hybridized carbons (Fsp3) is 0.600. The van der Waals surface area contributed by atoms with Gasteiger partial charge in [-0.05, 0) is 12.1 Å². The van der Waals surface area contributed by atoms with Crippen LogP contribution in [-0.2, 0) is 11.3 Å². The zero-order chi connectivity index (χ0) is 13.9. The minimum absolute atomic E-state index is 0.628. The molecule has 2 rings (SSSR count). The lowest BCUT2D eigenvalue weighted by molar-refractivity contribution is -0.950. The molecule has 1 fully saturated rings. The summed E-state index contributed by atoms with van der Waals surface area (Å²) < 4.78 is 6.62. The van der Waals surface area contributed by atoms with Gasteiger partial charge >= 0.3 is 0 Å².